The minimum Gasteiger partial charge on any atom is -0.348 e. The predicted octanol–water partition coefficient (Wildman–Crippen LogP) is 0.868. The Hall–Kier alpha value is -0.0600. The van der Waals surface area contributed by atoms with E-state index in [1.54, 1.807) is 0 Å². The van der Waals surface area contributed by atoms with Crippen molar-refractivity contribution in [2.24, 2.45) is 4.36 Å². The lowest BCUT2D eigenvalue weighted by atomic mass is 10.4. The van der Waals surface area contributed by atoms with Gasteiger partial charge in [-0.3, -0.25) is 0 Å². The van der Waals surface area contributed by atoms with Gasteiger partial charge in [0.1, 0.15) is 6.10 Å². The molecule has 0 aliphatic carbocycles. The zero-order valence-electron chi connectivity index (χ0n) is 6.16. The first-order valence-electron chi connectivity index (χ1n) is 3.25. The number of rotatable bonds is 2. The first kappa shape index (κ1) is 8.04. The molecule has 0 bridgehead atoms. The summed E-state index contributed by atoms with van der Waals surface area (Å²) >= 11 is 4.45. The molecule has 0 saturated carbocycles. The van der Waals surface area contributed by atoms with Gasteiger partial charge in [0.2, 0.25) is 0 Å². The zero-order chi connectivity index (χ0) is 7.61. The SMILES string of the molecule is CC1(C)OCC(CN=S)O1. The summed E-state index contributed by atoms with van der Waals surface area (Å²) in [7, 11) is 0. The van der Waals surface area contributed by atoms with Gasteiger partial charge in [-0.15, -0.1) is 0 Å². The van der Waals surface area contributed by atoms with Crippen LogP contribution in [0.25, 0.3) is 0 Å². The smallest absolute Gasteiger partial charge is 0.163 e. The molecular formula is C6H11NO2S. The van der Waals surface area contributed by atoms with Crippen LogP contribution in [0.5, 0.6) is 0 Å². The summed E-state index contributed by atoms with van der Waals surface area (Å²) in [6.45, 7) is 4.93. The largest absolute Gasteiger partial charge is 0.348 e. The summed E-state index contributed by atoms with van der Waals surface area (Å²) in [6, 6.07) is 0. The Balaban J connectivity index is 2.35. The number of hydrogen-bond donors (Lipinski definition) is 0. The van der Waals surface area contributed by atoms with E-state index in [0.29, 0.717) is 13.2 Å². The van der Waals surface area contributed by atoms with Gasteiger partial charge in [0.05, 0.1) is 13.2 Å². The van der Waals surface area contributed by atoms with Gasteiger partial charge in [0.15, 0.2) is 5.79 Å². The van der Waals surface area contributed by atoms with Crippen LogP contribution >= 0.6 is 0 Å². The van der Waals surface area contributed by atoms with Gasteiger partial charge in [0.25, 0.3) is 0 Å². The van der Waals surface area contributed by atoms with E-state index in [1.165, 1.54) is 0 Å². The highest BCUT2D eigenvalue weighted by Crippen LogP contribution is 2.21. The average Bonchev–Trinajstić information content (AvgIpc) is 2.12. The van der Waals surface area contributed by atoms with E-state index in [-0.39, 0.29) is 6.10 Å². The highest BCUT2D eigenvalue weighted by molar-refractivity contribution is 7.47. The summed E-state index contributed by atoms with van der Waals surface area (Å²) in [5.74, 6) is -0.440. The molecule has 1 heterocycles. The predicted molar refractivity (Wildman–Crippen MR) is 39.6 cm³/mol. The molecule has 4 heteroatoms. The van der Waals surface area contributed by atoms with Crippen LogP contribution in [-0.2, 0) is 21.9 Å². The van der Waals surface area contributed by atoms with E-state index in [1.807, 2.05) is 13.8 Å². The second-order valence-corrected chi connectivity index (χ2v) is 3.02. The molecule has 0 N–H and O–H groups in total. The highest BCUT2D eigenvalue weighted by atomic mass is 32.1. The number of nitrogens with zero attached hydrogens (tertiary/aromatic N) is 1. The molecule has 10 heavy (non-hydrogen) atoms. The van der Waals surface area contributed by atoms with Gasteiger partial charge in [-0.05, 0) is 13.8 Å². The van der Waals surface area contributed by atoms with Gasteiger partial charge in [-0.1, -0.05) is 0 Å². The third-order valence-electron chi connectivity index (χ3n) is 1.35. The van der Waals surface area contributed by atoms with Crippen LogP contribution in [-0.4, -0.2) is 25.0 Å². The molecular weight excluding hydrogens is 150 g/mol. The second kappa shape index (κ2) is 2.90. The summed E-state index contributed by atoms with van der Waals surface area (Å²) in [4.78, 5) is 0. The van der Waals surface area contributed by atoms with Crippen LogP contribution in [0.3, 0.4) is 0 Å². The van der Waals surface area contributed by atoms with Gasteiger partial charge < -0.3 is 9.47 Å². The monoisotopic (exact) mass is 161 g/mol. The highest BCUT2D eigenvalue weighted by Gasteiger charge is 2.32. The van der Waals surface area contributed by atoms with E-state index < -0.39 is 5.79 Å². The Kier molecular flexibility index (Phi) is 2.33. The Labute approximate surface area is 65.9 Å². The van der Waals surface area contributed by atoms with Crippen molar-refractivity contribution in [1.29, 1.82) is 0 Å². The van der Waals surface area contributed by atoms with E-state index >= 15 is 0 Å². The third-order valence-corrected chi connectivity index (χ3v) is 1.49. The minimum absolute atomic E-state index is 0.0625. The van der Waals surface area contributed by atoms with Crippen molar-refractivity contribution >= 4 is 12.4 Å². The fraction of sp³-hybridized carbons (Fsp3) is 1.00. The molecule has 1 aliphatic rings. The van der Waals surface area contributed by atoms with Crippen molar-refractivity contribution in [1.82, 2.24) is 0 Å². The normalized spacial score (nSPS) is 30.4. The molecule has 1 rings (SSSR count). The molecule has 1 atom stereocenters. The molecule has 58 valence electrons. The fourth-order valence-electron chi connectivity index (χ4n) is 0.936. The van der Waals surface area contributed by atoms with Crippen LogP contribution in [0.15, 0.2) is 4.36 Å². The molecule has 0 aromatic heterocycles. The van der Waals surface area contributed by atoms with Crippen molar-refractivity contribution in [3.05, 3.63) is 0 Å². The van der Waals surface area contributed by atoms with Crippen LogP contribution in [0, 0.1) is 0 Å². The Bertz CT molecular complexity index is 138. The second-order valence-electron chi connectivity index (χ2n) is 2.76. The number of ether oxygens (including phenoxy) is 2. The van der Waals surface area contributed by atoms with Crippen LogP contribution < -0.4 is 0 Å². The molecule has 0 radical (unpaired) electrons. The van der Waals surface area contributed by atoms with Gasteiger partial charge in [-0.25, -0.2) is 4.36 Å². The van der Waals surface area contributed by atoms with Crippen LogP contribution in [0.1, 0.15) is 13.8 Å². The standard InChI is InChI=1S/C6H11NO2S/c1-6(2)8-4-5(9-6)3-7-10/h5H,3-4H2,1-2H3. The molecule has 0 aromatic rings. The molecule has 1 unspecified atom stereocenters. The maximum absolute atomic E-state index is 5.41. The lowest BCUT2D eigenvalue weighted by Crippen LogP contribution is -2.22. The first-order chi connectivity index (χ1) is 4.64. The average molecular weight is 161 g/mol. The Morgan fingerprint density at radius 1 is 1.70 bits per heavy atom. The maximum Gasteiger partial charge on any atom is 0.163 e. The third kappa shape index (κ3) is 1.97. The fourth-order valence-corrected chi connectivity index (χ4v) is 1.10. The summed E-state index contributed by atoms with van der Waals surface area (Å²) in [5.41, 5.74) is 0. The topological polar surface area (TPSA) is 30.8 Å². The summed E-state index contributed by atoms with van der Waals surface area (Å²) in [6.07, 6.45) is 0.0625. The Morgan fingerprint density at radius 2 is 2.40 bits per heavy atom. The van der Waals surface area contributed by atoms with Crippen LogP contribution in [0.2, 0.25) is 0 Å². The molecule has 0 spiro atoms. The first-order valence-corrected chi connectivity index (χ1v) is 3.61. The van der Waals surface area contributed by atoms with Gasteiger partial charge >= 0.3 is 0 Å². The molecule has 3 nitrogen and oxygen atoms in total. The van der Waals surface area contributed by atoms with E-state index in [9.17, 15) is 0 Å². The lowest BCUT2D eigenvalue weighted by molar-refractivity contribution is -0.137. The summed E-state index contributed by atoms with van der Waals surface area (Å²) < 4.78 is 14.2. The molecule has 1 fully saturated rings. The molecule has 0 aromatic carbocycles. The van der Waals surface area contributed by atoms with Crippen molar-refractivity contribution in [3.8, 4) is 0 Å². The van der Waals surface area contributed by atoms with E-state index in [0.717, 1.165) is 0 Å². The van der Waals surface area contributed by atoms with Crippen molar-refractivity contribution < 1.29 is 9.47 Å². The van der Waals surface area contributed by atoms with Crippen molar-refractivity contribution in [3.63, 3.8) is 0 Å². The van der Waals surface area contributed by atoms with Crippen LogP contribution in [0.4, 0.5) is 0 Å². The zero-order valence-corrected chi connectivity index (χ0v) is 6.98. The Morgan fingerprint density at radius 3 is 2.80 bits per heavy atom. The van der Waals surface area contributed by atoms with Gasteiger partial charge in [0, 0.05) is 12.4 Å². The van der Waals surface area contributed by atoms with Crippen molar-refractivity contribution in [2.45, 2.75) is 25.7 Å². The quantitative estimate of drug-likeness (QED) is 0.602. The molecule has 0 amide bonds. The number of hydrogen-bond acceptors (Lipinski definition) is 4. The summed E-state index contributed by atoms with van der Waals surface area (Å²) in [5, 5.41) is 0. The minimum atomic E-state index is -0.440. The molecule has 1 saturated heterocycles. The van der Waals surface area contributed by atoms with Crippen molar-refractivity contribution in [2.75, 3.05) is 13.2 Å². The van der Waals surface area contributed by atoms with E-state index in [4.69, 9.17) is 9.47 Å². The van der Waals surface area contributed by atoms with Gasteiger partial charge in [-0.2, -0.15) is 0 Å². The maximum atomic E-state index is 5.41. The van der Waals surface area contributed by atoms with E-state index in [2.05, 4.69) is 16.8 Å². The lowest BCUT2D eigenvalue weighted by Gasteiger charge is -2.15. The molecule has 1 aliphatic heterocycles.